The third-order valence-corrected chi connectivity index (χ3v) is 2.35. The van der Waals surface area contributed by atoms with Crippen molar-refractivity contribution in [2.24, 2.45) is 0 Å². The van der Waals surface area contributed by atoms with E-state index in [9.17, 15) is 4.79 Å². The van der Waals surface area contributed by atoms with E-state index in [-0.39, 0.29) is 11.6 Å². The fourth-order valence-corrected chi connectivity index (χ4v) is 1.46. The molecule has 0 saturated carbocycles. The first-order valence-corrected chi connectivity index (χ1v) is 4.91. The maximum atomic E-state index is 12.0. The standard InChI is InChI=1S/C12H9N3O2/c1-15(12(16)10-6-7-17-14-10)11-5-3-2-4-9(11)8-13/h2-7H,1H3. The summed E-state index contributed by atoms with van der Waals surface area (Å²) in [4.78, 5) is 13.3. The van der Waals surface area contributed by atoms with Crippen LogP contribution >= 0.6 is 0 Å². The molecule has 84 valence electrons. The van der Waals surface area contributed by atoms with Crippen molar-refractivity contribution in [3.8, 4) is 6.07 Å². The van der Waals surface area contributed by atoms with Gasteiger partial charge in [-0.2, -0.15) is 5.26 Å². The van der Waals surface area contributed by atoms with E-state index in [0.29, 0.717) is 11.3 Å². The van der Waals surface area contributed by atoms with Crippen LogP contribution in [0.15, 0.2) is 41.1 Å². The second-order valence-corrected chi connectivity index (χ2v) is 3.38. The first-order valence-electron chi connectivity index (χ1n) is 4.91. The van der Waals surface area contributed by atoms with E-state index in [2.05, 4.69) is 9.68 Å². The molecule has 5 nitrogen and oxygen atoms in total. The zero-order valence-corrected chi connectivity index (χ0v) is 9.12. The van der Waals surface area contributed by atoms with Gasteiger partial charge in [-0.3, -0.25) is 4.79 Å². The molecule has 0 radical (unpaired) electrons. The Hall–Kier alpha value is -2.61. The molecule has 0 spiro atoms. The van der Waals surface area contributed by atoms with Gasteiger partial charge in [0.2, 0.25) is 0 Å². The number of rotatable bonds is 2. The fraction of sp³-hybridized carbons (Fsp3) is 0.0833. The molecule has 0 saturated heterocycles. The molecule has 0 bridgehead atoms. The van der Waals surface area contributed by atoms with Gasteiger partial charge in [0.25, 0.3) is 5.91 Å². The lowest BCUT2D eigenvalue weighted by Gasteiger charge is -2.16. The summed E-state index contributed by atoms with van der Waals surface area (Å²) >= 11 is 0. The number of carbonyl (C=O) groups is 1. The monoisotopic (exact) mass is 227 g/mol. The molecule has 0 aliphatic rings. The minimum atomic E-state index is -0.318. The third-order valence-electron chi connectivity index (χ3n) is 2.35. The van der Waals surface area contributed by atoms with Crippen molar-refractivity contribution >= 4 is 11.6 Å². The van der Waals surface area contributed by atoms with Gasteiger partial charge in [0.15, 0.2) is 5.69 Å². The van der Waals surface area contributed by atoms with Crippen LogP contribution in [-0.2, 0) is 0 Å². The zero-order chi connectivity index (χ0) is 12.3. The van der Waals surface area contributed by atoms with Gasteiger partial charge < -0.3 is 9.42 Å². The average Bonchev–Trinajstić information content (AvgIpc) is 2.90. The highest BCUT2D eigenvalue weighted by molar-refractivity contribution is 6.04. The summed E-state index contributed by atoms with van der Waals surface area (Å²) in [5.41, 5.74) is 1.19. The molecule has 2 rings (SSSR count). The van der Waals surface area contributed by atoms with Gasteiger partial charge in [0.05, 0.1) is 11.3 Å². The van der Waals surface area contributed by atoms with Crippen LogP contribution in [0.2, 0.25) is 0 Å². The Balaban J connectivity index is 2.35. The summed E-state index contributed by atoms with van der Waals surface area (Å²) in [6, 6.07) is 10.4. The lowest BCUT2D eigenvalue weighted by molar-refractivity contribution is 0.0984. The van der Waals surface area contributed by atoms with Crippen molar-refractivity contribution in [2.45, 2.75) is 0 Å². The molecule has 1 amide bonds. The molecule has 1 aromatic carbocycles. The molecule has 0 aliphatic carbocycles. The summed E-state index contributed by atoms with van der Waals surface area (Å²) in [5, 5.41) is 12.5. The molecule has 1 aromatic heterocycles. The molecule has 0 fully saturated rings. The quantitative estimate of drug-likeness (QED) is 0.784. The molecular formula is C12H9N3O2. The van der Waals surface area contributed by atoms with Gasteiger partial charge in [0, 0.05) is 13.1 Å². The predicted molar refractivity (Wildman–Crippen MR) is 60.4 cm³/mol. The number of hydrogen-bond donors (Lipinski definition) is 0. The van der Waals surface area contributed by atoms with Crippen LogP contribution in [-0.4, -0.2) is 18.1 Å². The van der Waals surface area contributed by atoms with Gasteiger partial charge in [0.1, 0.15) is 12.3 Å². The Kier molecular flexibility index (Phi) is 2.88. The molecule has 0 aliphatic heterocycles. The molecular weight excluding hydrogens is 218 g/mol. The number of anilines is 1. The van der Waals surface area contributed by atoms with Gasteiger partial charge in [-0.15, -0.1) is 0 Å². The normalized spacial score (nSPS) is 9.65. The Labute approximate surface area is 97.9 Å². The molecule has 0 atom stereocenters. The van der Waals surface area contributed by atoms with Gasteiger partial charge in [-0.25, -0.2) is 0 Å². The van der Waals surface area contributed by atoms with Crippen molar-refractivity contribution < 1.29 is 9.32 Å². The largest absolute Gasteiger partial charge is 0.364 e. The number of nitriles is 1. The van der Waals surface area contributed by atoms with Crippen LogP contribution < -0.4 is 4.90 Å². The number of para-hydroxylation sites is 1. The van der Waals surface area contributed by atoms with Crippen LogP contribution in [0.3, 0.4) is 0 Å². The van der Waals surface area contributed by atoms with Crippen LogP contribution in [0.25, 0.3) is 0 Å². The van der Waals surface area contributed by atoms with Crippen molar-refractivity contribution in [2.75, 3.05) is 11.9 Å². The van der Waals surface area contributed by atoms with Gasteiger partial charge in [-0.05, 0) is 12.1 Å². The van der Waals surface area contributed by atoms with E-state index in [1.54, 1.807) is 31.3 Å². The summed E-state index contributed by atoms with van der Waals surface area (Å²) in [7, 11) is 1.59. The zero-order valence-electron chi connectivity index (χ0n) is 9.12. The number of carbonyl (C=O) groups excluding carboxylic acids is 1. The molecule has 0 unspecified atom stereocenters. The smallest absolute Gasteiger partial charge is 0.280 e. The number of amides is 1. The highest BCUT2D eigenvalue weighted by Gasteiger charge is 2.18. The molecule has 2 aromatic rings. The summed E-state index contributed by atoms with van der Waals surface area (Å²) in [5.74, 6) is -0.318. The van der Waals surface area contributed by atoms with E-state index in [1.165, 1.54) is 17.2 Å². The highest BCUT2D eigenvalue weighted by Crippen LogP contribution is 2.19. The summed E-state index contributed by atoms with van der Waals surface area (Å²) < 4.78 is 4.62. The molecule has 5 heteroatoms. The fourth-order valence-electron chi connectivity index (χ4n) is 1.46. The van der Waals surface area contributed by atoms with E-state index < -0.39 is 0 Å². The summed E-state index contributed by atoms with van der Waals surface area (Å²) in [6.07, 6.45) is 1.33. The minimum Gasteiger partial charge on any atom is -0.364 e. The minimum absolute atomic E-state index is 0.209. The second-order valence-electron chi connectivity index (χ2n) is 3.38. The van der Waals surface area contributed by atoms with Gasteiger partial charge in [-0.1, -0.05) is 17.3 Å². The highest BCUT2D eigenvalue weighted by atomic mass is 16.5. The predicted octanol–water partition coefficient (Wildman–Crippen LogP) is 1.82. The van der Waals surface area contributed by atoms with Crippen molar-refractivity contribution in [1.29, 1.82) is 5.26 Å². The van der Waals surface area contributed by atoms with Crippen LogP contribution in [0.1, 0.15) is 16.1 Å². The SMILES string of the molecule is CN(C(=O)c1ccon1)c1ccccc1C#N. The van der Waals surface area contributed by atoms with Crippen LogP contribution in [0.5, 0.6) is 0 Å². The van der Waals surface area contributed by atoms with Gasteiger partial charge >= 0.3 is 0 Å². The maximum Gasteiger partial charge on any atom is 0.280 e. The van der Waals surface area contributed by atoms with Crippen molar-refractivity contribution in [1.82, 2.24) is 5.16 Å². The van der Waals surface area contributed by atoms with E-state index in [0.717, 1.165) is 0 Å². The first kappa shape index (κ1) is 10.9. The Morgan fingerprint density at radius 2 is 2.18 bits per heavy atom. The summed E-state index contributed by atoms with van der Waals surface area (Å²) in [6.45, 7) is 0. The Bertz CT molecular complexity index is 570. The Morgan fingerprint density at radius 1 is 1.41 bits per heavy atom. The van der Waals surface area contributed by atoms with E-state index in [4.69, 9.17) is 5.26 Å². The number of hydrogen-bond acceptors (Lipinski definition) is 4. The average molecular weight is 227 g/mol. The lowest BCUT2D eigenvalue weighted by Crippen LogP contribution is -2.27. The molecule has 17 heavy (non-hydrogen) atoms. The maximum absolute atomic E-state index is 12.0. The molecule has 1 heterocycles. The number of nitrogens with zero attached hydrogens (tertiary/aromatic N) is 3. The first-order chi connectivity index (χ1) is 8.24. The Morgan fingerprint density at radius 3 is 2.82 bits per heavy atom. The second kappa shape index (κ2) is 4.49. The van der Waals surface area contributed by atoms with Crippen molar-refractivity contribution in [3.63, 3.8) is 0 Å². The van der Waals surface area contributed by atoms with Crippen molar-refractivity contribution in [3.05, 3.63) is 47.9 Å². The number of aromatic nitrogens is 1. The van der Waals surface area contributed by atoms with E-state index >= 15 is 0 Å². The van der Waals surface area contributed by atoms with E-state index in [1.807, 2.05) is 6.07 Å². The third kappa shape index (κ3) is 2.01. The number of benzene rings is 1. The van der Waals surface area contributed by atoms with Crippen LogP contribution in [0, 0.1) is 11.3 Å². The topological polar surface area (TPSA) is 70.1 Å². The van der Waals surface area contributed by atoms with Crippen LogP contribution in [0.4, 0.5) is 5.69 Å². The molecule has 0 N–H and O–H groups in total. The lowest BCUT2D eigenvalue weighted by atomic mass is 10.1.